The first-order valence-corrected chi connectivity index (χ1v) is 5.62. The number of methoxy groups -OCH3 is 1. The lowest BCUT2D eigenvalue weighted by Crippen LogP contribution is -2.11. The number of pyridine rings is 1. The zero-order valence-corrected chi connectivity index (χ0v) is 11.0. The van der Waals surface area contributed by atoms with Crippen LogP contribution in [0.2, 0.25) is 0 Å². The van der Waals surface area contributed by atoms with Crippen molar-refractivity contribution >= 4 is 11.4 Å². The van der Waals surface area contributed by atoms with E-state index in [4.69, 9.17) is 15.2 Å². The summed E-state index contributed by atoms with van der Waals surface area (Å²) in [4.78, 5) is 6.17. The average molecular weight is 249 g/mol. The van der Waals surface area contributed by atoms with Crippen molar-refractivity contribution in [2.45, 2.75) is 6.92 Å². The van der Waals surface area contributed by atoms with Gasteiger partial charge in [0.05, 0.1) is 13.7 Å². The summed E-state index contributed by atoms with van der Waals surface area (Å²) in [6, 6.07) is 3.71. The highest BCUT2D eigenvalue weighted by molar-refractivity contribution is 5.62. The molecule has 0 aliphatic heterocycles. The molecule has 0 saturated carbocycles. The Morgan fingerprint density at radius 1 is 1.56 bits per heavy atom. The average Bonchev–Trinajstić information content (AvgIpc) is 2.38. The molecule has 5 nitrogen and oxygen atoms in total. The number of hydrogen-bond acceptors (Lipinski definition) is 5. The Bertz CT molecular complexity index is 444. The van der Waals surface area contributed by atoms with E-state index in [1.807, 2.05) is 31.0 Å². The number of nitrogens with two attached hydrogens (primary N) is 1. The Labute approximate surface area is 108 Å². The normalized spacial score (nSPS) is 10.4. The van der Waals surface area contributed by atoms with Gasteiger partial charge in [0.1, 0.15) is 17.1 Å². The van der Waals surface area contributed by atoms with Gasteiger partial charge < -0.3 is 20.1 Å². The van der Waals surface area contributed by atoms with Crippen molar-refractivity contribution in [3.8, 4) is 5.88 Å². The largest absolute Gasteiger partial charge is 0.492 e. The minimum Gasteiger partial charge on any atom is -0.492 e. The molecule has 5 heteroatoms. The fourth-order valence-corrected chi connectivity index (χ4v) is 1.46. The first kappa shape index (κ1) is 13.9. The van der Waals surface area contributed by atoms with Crippen LogP contribution >= 0.6 is 0 Å². The Hall–Kier alpha value is -2.17. The molecule has 0 amide bonds. The quantitative estimate of drug-likeness (QED) is 0.781. The van der Waals surface area contributed by atoms with E-state index in [0.717, 1.165) is 5.69 Å². The highest BCUT2D eigenvalue weighted by Gasteiger charge is 2.11. The van der Waals surface area contributed by atoms with Gasteiger partial charge in [-0.3, -0.25) is 0 Å². The highest BCUT2D eigenvalue weighted by Crippen LogP contribution is 2.27. The van der Waals surface area contributed by atoms with Crippen LogP contribution in [0.25, 0.3) is 5.76 Å². The first-order valence-electron chi connectivity index (χ1n) is 5.62. The Morgan fingerprint density at radius 3 is 2.83 bits per heavy atom. The molecule has 0 spiro atoms. The molecular formula is C13H19N3O2. The van der Waals surface area contributed by atoms with Gasteiger partial charge in [0.25, 0.3) is 0 Å². The third-order valence-electron chi connectivity index (χ3n) is 2.33. The molecule has 0 fully saturated rings. The maximum Gasteiger partial charge on any atom is 0.238 e. The molecule has 0 saturated heterocycles. The maximum absolute atomic E-state index is 5.36. The van der Waals surface area contributed by atoms with Gasteiger partial charge in [-0.25, -0.2) is 4.98 Å². The molecule has 1 rings (SSSR count). The van der Waals surface area contributed by atoms with Gasteiger partial charge in [-0.15, -0.1) is 0 Å². The van der Waals surface area contributed by atoms with Gasteiger partial charge in [-0.1, -0.05) is 6.58 Å². The van der Waals surface area contributed by atoms with Crippen LogP contribution in [0.3, 0.4) is 0 Å². The summed E-state index contributed by atoms with van der Waals surface area (Å²) >= 11 is 0. The zero-order valence-electron chi connectivity index (χ0n) is 11.0. The molecule has 0 unspecified atom stereocenters. The second kappa shape index (κ2) is 6.54. The summed E-state index contributed by atoms with van der Waals surface area (Å²) in [5, 5.41) is 0. The van der Waals surface area contributed by atoms with Crippen molar-refractivity contribution in [3.05, 3.63) is 36.8 Å². The third kappa shape index (κ3) is 3.16. The molecule has 1 aromatic rings. The van der Waals surface area contributed by atoms with E-state index in [1.54, 1.807) is 13.3 Å². The van der Waals surface area contributed by atoms with Crippen molar-refractivity contribution in [3.63, 3.8) is 0 Å². The highest BCUT2D eigenvalue weighted by atomic mass is 16.5. The van der Waals surface area contributed by atoms with Crippen molar-refractivity contribution in [2.75, 3.05) is 25.7 Å². The lowest BCUT2D eigenvalue weighted by molar-refractivity contribution is 0.297. The van der Waals surface area contributed by atoms with E-state index in [0.29, 0.717) is 23.9 Å². The third-order valence-corrected chi connectivity index (χ3v) is 2.33. The van der Waals surface area contributed by atoms with Crippen LogP contribution in [0.15, 0.2) is 31.1 Å². The maximum atomic E-state index is 5.36. The monoisotopic (exact) mass is 249 g/mol. The fraction of sp³-hybridized carbons (Fsp3) is 0.308. The Kier molecular flexibility index (Phi) is 5.05. The minimum absolute atomic E-state index is 0.494. The van der Waals surface area contributed by atoms with Gasteiger partial charge in [0.15, 0.2) is 0 Å². The van der Waals surface area contributed by atoms with Gasteiger partial charge in [0, 0.05) is 19.4 Å². The summed E-state index contributed by atoms with van der Waals surface area (Å²) in [5.74, 6) is 1.02. The standard InChI is InChI=1S/C13H19N3O2/c1-5-18-10(2)11-6-7-12(13(15-11)17-4)16(3)9-8-14/h6-9H,2,5,14H2,1,3-4H3/b9-8-. The smallest absolute Gasteiger partial charge is 0.238 e. The minimum atomic E-state index is 0.494. The Morgan fingerprint density at radius 2 is 2.28 bits per heavy atom. The summed E-state index contributed by atoms with van der Waals surface area (Å²) in [5.41, 5.74) is 6.83. The Balaban J connectivity index is 3.07. The molecular weight excluding hydrogens is 230 g/mol. The molecule has 0 aliphatic rings. The molecule has 98 valence electrons. The SMILES string of the molecule is C=C(OCC)c1ccc(N(C)/C=C\N)c(OC)n1. The predicted octanol–water partition coefficient (Wildman–Crippen LogP) is 1.96. The lowest BCUT2D eigenvalue weighted by Gasteiger charge is -2.17. The molecule has 0 aliphatic carbocycles. The van der Waals surface area contributed by atoms with E-state index < -0.39 is 0 Å². The second-order valence-corrected chi connectivity index (χ2v) is 3.53. The lowest BCUT2D eigenvalue weighted by atomic mass is 10.3. The van der Waals surface area contributed by atoms with Crippen molar-refractivity contribution in [1.82, 2.24) is 4.98 Å². The predicted molar refractivity (Wildman–Crippen MR) is 73.2 cm³/mol. The van der Waals surface area contributed by atoms with Crippen LogP contribution in [0.5, 0.6) is 5.88 Å². The van der Waals surface area contributed by atoms with Gasteiger partial charge in [-0.05, 0) is 19.1 Å². The number of nitrogens with zero attached hydrogens (tertiary/aromatic N) is 2. The van der Waals surface area contributed by atoms with E-state index >= 15 is 0 Å². The second-order valence-electron chi connectivity index (χ2n) is 3.53. The number of aromatic nitrogens is 1. The van der Waals surface area contributed by atoms with Crippen LogP contribution in [0.4, 0.5) is 5.69 Å². The molecule has 1 aromatic heterocycles. The molecule has 0 radical (unpaired) electrons. The molecule has 0 bridgehead atoms. The molecule has 1 heterocycles. The number of anilines is 1. The zero-order chi connectivity index (χ0) is 13.5. The number of ether oxygens (including phenoxy) is 2. The van der Waals surface area contributed by atoms with Crippen LogP contribution in [0, 0.1) is 0 Å². The van der Waals surface area contributed by atoms with Gasteiger partial charge >= 0.3 is 0 Å². The number of hydrogen-bond donors (Lipinski definition) is 1. The fourth-order valence-electron chi connectivity index (χ4n) is 1.46. The molecule has 0 aromatic carbocycles. The summed E-state index contributed by atoms with van der Waals surface area (Å²) in [6.45, 7) is 6.27. The van der Waals surface area contributed by atoms with Crippen molar-refractivity contribution in [1.29, 1.82) is 0 Å². The summed E-state index contributed by atoms with van der Waals surface area (Å²) in [7, 11) is 3.43. The van der Waals surface area contributed by atoms with Crippen LogP contribution < -0.4 is 15.4 Å². The summed E-state index contributed by atoms with van der Waals surface area (Å²) in [6.07, 6.45) is 3.17. The van der Waals surface area contributed by atoms with Crippen LogP contribution in [-0.2, 0) is 4.74 Å². The number of rotatable bonds is 6. The molecule has 0 atom stereocenters. The molecule has 2 N–H and O–H groups in total. The van der Waals surface area contributed by atoms with E-state index in [9.17, 15) is 0 Å². The molecule has 18 heavy (non-hydrogen) atoms. The van der Waals surface area contributed by atoms with Crippen molar-refractivity contribution < 1.29 is 9.47 Å². The van der Waals surface area contributed by atoms with Gasteiger partial charge in [-0.2, -0.15) is 0 Å². The van der Waals surface area contributed by atoms with Crippen LogP contribution in [-0.4, -0.2) is 25.7 Å². The van der Waals surface area contributed by atoms with E-state index in [1.165, 1.54) is 6.20 Å². The topological polar surface area (TPSA) is 60.6 Å². The first-order chi connectivity index (χ1) is 8.63. The van der Waals surface area contributed by atoms with Crippen LogP contribution in [0.1, 0.15) is 12.6 Å². The van der Waals surface area contributed by atoms with Gasteiger partial charge in [0.2, 0.25) is 5.88 Å². The van der Waals surface area contributed by atoms with E-state index in [2.05, 4.69) is 11.6 Å². The summed E-state index contributed by atoms with van der Waals surface area (Å²) < 4.78 is 10.6. The van der Waals surface area contributed by atoms with Crippen molar-refractivity contribution in [2.24, 2.45) is 5.73 Å². The van der Waals surface area contributed by atoms with E-state index in [-0.39, 0.29) is 0 Å².